The number of carbonyl (C=O) groups excluding carboxylic acids is 1. The van der Waals surface area contributed by atoms with E-state index in [1.54, 1.807) is 0 Å². The molecule has 0 aliphatic carbocycles. The third-order valence-electron chi connectivity index (χ3n) is 3.72. The maximum Gasteiger partial charge on any atom is 0.222 e. The Hall–Kier alpha value is -2.17. The zero-order valence-electron chi connectivity index (χ0n) is 13.8. The number of benzene rings is 2. The quantitative estimate of drug-likeness (QED) is 0.826. The lowest BCUT2D eigenvalue weighted by atomic mass is 10.0. The highest BCUT2D eigenvalue weighted by Gasteiger charge is 2.17. The fourth-order valence-electron chi connectivity index (χ4n) is 2.56. The van der Waals surface area contributed by atoms with Crippen molar-refractivity contribution in [2.45, 2.75) is 18.5 Å². The van der Waals surface area contributed by atoms with Crippen molar-refractivity contribution in [2.75, 3.05) is 20.6 Å². The van der Waals surface area contributed by atoms with Gasteiger partial charge >= 0.3 is 0 Å². The van der Waals surface area contributed by atoms with Crippen molar-refractivity contribution in [3.8, 4) is 0 Å². The number of rotatable bonds is 7. The van der Waals surface area contributed by atoms with E-state index in [0.717, 1.165) is 17.7 Å². The van der Waals surface area contributed by atoms with Crippen LogP contribution in [0, 0.1) is 0 Å². The SMILES string of the molecule is CN(C)CC(NC(=O)CC(N)c1ccccc1)c1ccccc1. The minimum atomic E-state index is -0.285. The van der Waals surface area contributed by atoms with E-state index in [4.69, 9.17) is 5.73 Å². The molecule has 0 spiro atoms. The van der Waals surface area contributed by atoms with E-state index in [9.17, 15) is 4.79 Å². The Morgan fingerprint density at radius 3 is 2.04 bits per heavy atom. The van der Waals surface area contributed by atoms with E-state index >= 15 is 0 Å². The predicted molar refractivity (Wildman–Crippen MR) is 93.9 cm³/mol. The van der Waals surface area contributed by atoms with E-state index in [1.165, 1.54) is 0 Å². The summed E-state index contributed by atoms with van der Waals surface area (Å²) in [6.07, 6.45) is 0.279. The van der Waals surface area contributed by atoms with E-state index < -0.39 is 0 Å². The van der Waals surface area contributed by atoms with Crippen molar-refractivity contribution in [3.63, 3.8) is 0 Å². The second-order valence-electron chi connectivity index (χ2n) is 6.01. The van der Waals surface area contributed by atoms with E-state index in [-0.39, 0.29) is 24.4 Å². The molecule has 0 aliphatic rings. The van der Waals surface area contributed by atoms with Crippen molar-refractivity contribution >= 4 is 5.91 Å². The molecule has 4 nitrogen and oxygen atoms in total. The molecule has 0 bridgehead atoms. The smallest absolute Gasteiger partial charge is 0.222 e. The standard InChI is InChI=1S/C19H25N3O/c1-22(2)14-18(16-11-7-4-8-12-16)21-19(23)13-17(20)15-9-5-3-6-10-15/h3-12,17-18H,13-14,20H2,1-2H3,(H,21,23). The van der Waals surface area contributed by atoms with Crippen molar-refractivity contribution in [3.05, 3.63) is 71.8 Å². The molecule has 0 saturated heterocycles. The molecule has 0 aliphatic heterocycles. The van der Waals surface area contributed by atoms with Crippen LogP contribution in [0.5, 0.6) is 0 Å². The summed E-state index contributed by atoms with van der Waals surface area (Å²) in [5.41, 5.74) is 8.22. The number of nitrogens with zero attached hydrogens (tertiary/aromatic N) is 1. The van der Waals surface area contributed by atoms with Crippen LogP contribution in [0.3, 0.4) is 0 Å². The monoisotopic (exact) mass is 311 g/mol. The van der Waals surface area contributed by atoms with Crippen LogP contribution in [-0.4, -0.2) is 31.4 Å². The number of hydrogen-bond acceptors (Lipinski definition) is 3. The Balaban J connectivity index is 2.00. The van der Waals surface area contributed by atoms with Gasteiger partial charge in [-0.25, -0.2) is 0 Å². The Labute approximate surface area is 138 Å². The first-order valence-corrected chi connectivity index (χ1v) is 7.86. The number of nitrogens with one attached hydrogen (secondary N) is 1. The molecule has 0 saturated carbocycles. The highest BCUT2D eigenvalue weighted by atomic mass is 16.1. The Kier molecular flexibility index (Phi) is 6.32. The molecule has 3 N–H and O–H groups in total. The molecule has 0 radical (unpaired) electrons. The number of hydrogen-bond donors (Lipinski definition) is 2. The summed E-state index contributed by atoms with van der Waals surface area (Å²) < 4.78 is 0. The molecular formula is C19H25N3O. The predicted octanol–water partition coefficient (Wildman–Crippen LogP) is 2.50. The van der Waals surface area contributed by atoms with E-state index in [1.807, 2.05) is 74.8 Å². The van der Waals surface area contributed by atoms with Gasteiger partial charge < -0.3 is 16.0 Å². The normalized spacial score (nSPS) is 13.6. The van der Waals surface area contributed by atoms with Gasteiger partial charge in [-0.15, -0.1) is 0 Å². The van der Waals surface area contributed by atoms with Crippen LogP contribution in [-0.2, 0) is 4.79 Å². The molecule has 2 unspecified atom stereocenters. The average Bonchev–Trinajstić information content (AvgIpc) is 2.55. The van der Waals surface area contributed by atoms with Gasteiger partial charge in [0.15, 0.2) is 0 Å². The molecule has 1 amide bonds. The van der Waals surface area contributed by atoms with Crippen LogP contribution >= 0.6 is 0 Å². The maximum absolute atomic E-state index is 12.4. The van der Waals surface area contributed by atoms with Crippen molar-refractivity contribution in [2.24, 2.45) is 5.73 Å². The molecule has 122 valence electrons. The van der Waals surface area contributed by atoms with Gasteiger partial charge in [-0.05, 0) is 25.2 Å². The van der Waals surface area contributed by atoms with Gasteiger partial charge in [0.25, 0.3) is 0 Å². The molecule has 2 aromatic rings. The topological polar surface area (TPSA) is 58.4 Å². The number of carbonyl (C=O) groups is 1. The number of nitrogens with two attached hydrogens (primary N) is 1. The Morgan fingerprint density at radius 1 is 1.00 bits per heavy atom. The first kappa shape index (κ1) is 17.2. The largest absolute Gasteiger partial charge is 0.348 e. The van der Waals surface area contributed by atoms with Crippen LogP contribution in [0.25, 0.3) is 0 Å². The Morgan fingerprint density at radius 2 is 1.52 bits per heavy atom. The van der Waals surface area contributed by atoms with Crippen molar-refractivity contribution < 1.29 is 4.79 Å². The lowest BCUT2D eigenvalue weighted by Gasteiger charge is -2.23. The zero-order chi connectivity index (χ0) is 16.7. The summed E-state index contributed by atoms with van der Waals surface area (Å²) in [5.74, 6) is -0.0305. The molecular weight excluding hydrogens is 286 g/mol. The van der Waals surface area contributed by atoms with Crippen LogP contribution in [0.15, 0.2) is 60.7 Å². The second kappa shape index (κ2) is 8.46. The molecule has 0 fully saturated rings. The summed E-state index contributed by atoms with van der Waals surface area (Å²) in [7, 11) is 4.00. The summed E-state index contributed by atoms with van der Waals surface area (Å²) >= 11 is 0. The molecule has 0 aromatic heterocycles. The van der Waals surface area contributed by atoms with Crippen molar-refractivity contribution in [1.29, 1.82) is 0 Å². The third kappa shape index (κ3) is 5.51. The molecule has 4 heteroatoms. The van der Waals surface area contributed by atoms with Gasteiger partial charge in [0.2, 0.25) is 5.91 Å². The zero-order valence-corrected chi connectivity index (χ0v) is 13.8. The van der Waals surface area contributed by atoms with Gasteiger partial charge in [-0.1, -0.05) is 60.7 Å². The highest BCUT2D eigenvalue weighted by molar-refractivity contribution is 5.77. The van der Waals surface area contributed by atoms with E-state index in [2.05, 4.69) is 10.2 Å². The fourth-order valence-corrected chi connectivity index (χ4v) is 2.56. The van der Waals surface area contributed by atoms with Crippen LogP contribution in [0.4, 0.5) is 0 Å². The van der Waals surface area contributed by atoms with E-state index in [0.29, 0.717) is 0 Å². The van der Waals surface area contributed by atoms with Crippen molar-refractivity contribution in [1.82, 2.24) is 10.2 Å². The first-order chi connectivity index (χ1) is 11.1. The van der Waals surface area contributed by atoms with Gasteiger partial charge in [0.1, 0.15) is 0 Å². The van der Waals surface area contributed by atoms with Gasteiger partial charge in [-0.2, -0.15) is 0 Å². The summed E-state index contributed by atoms with van der Waals surface area (Å²) in [5, 5.41) is 3.10. The minimum Gasteiger partial charge on any atom is -0.348 e. The lowest BCUT2D eigenvalue weighted by Crippen LogP contribution is -2.36. The molecule has 2 atom stereocenters. The second-order valence-corrected chi connectivity index (χ2v) is 6.01. The van der Waals surface area contributed by atoms with Crippen LogP contribution in [0.1, 0.15) is 29.6 Å². The molecule has 2 aromatic carbocycles. The molecule has 23 heavy (non-hydrogen) atoms. The minimum absolute atomic E-state index is 0.0305. The highest BCUT2D eigenvalue weighted by Crippen LogP contribution is 2.16. The summed E-state index contributed by atoms with van der Waals surface area (Å²) in [4.78, 5) is 14.4. The summed E-state index contributed by atoms with van der Waals surface area (Å²) in [6, 6.07) is 19.4. The fraction of sp³-hybridized carbons (Fsp3) is 0.316. The maximum atomic E-state index is 12.4. The average molecular weight is 311 g/mol. The van der Waals surface area contributed by atoms with Gasteiger partial charge in [-0.3, -0.25) is 4.79 Å². The lowest BCUT2D eigenvalue weighted by molar-refractivity contribution is -0.122. The number of amides is 1. The first-order valence-electron chi connectivity index (χ1n) is 7.86. The van der Waals surface area contributed by atoms with Gasteiger partial charge in [0, 0.05) is 19.0 Å². The number of likely N-dealkylation sites (N-methyl/N-ethyl adjacent to an activating group) is 1. The van der Waals surface area contributed by atoms with Gasteiger partial charge in [0.05, 0.1) is 6.04 Å². The molecule has 0 heterocycles. The van der Waals surface area contributed by atoms with Crippen LogP contribution < -0.4 is 11.1 Å². The van der Waals surface area contributed by atoms with Crippen LogP contribution in [0.2, 0.25) is 0 Å². The third-order valence-corrected chi connectivity index (χ3v) is 3.72. The Bertz CT molecular complexity index is 599. The summed E-state index contributed by atoms with van der Waals surface area (Å²) in [6.45, 7) is 0.746. The molecule has 2 rings (SSSR count).